The van der Waals surface area contributed by atoms with Gasteiger partial charge in [0.25, 0.3) is 0 Å². The molecule has 3 heteroatoms. The van der Waals surface area contributed by atoms with E-state index in [1.54, 1.807) is 0 Å². The fourth-order valence-corrected chi connectivity index (χ4v) is 1.02. The molecule has 0 aliphatic carbocycles. The Labute approximate surface area is 74.9 Å². The standard InChI is InChI=1S/C9H20N2O/c1-11(2)8-4-6-9(12)5-3-7-10/h3-8,10H2,1-2H3. The average molecular weight is 172 g/mol. The number of Topliss-reactive ketones (excluding diaryl/α,β-unsaturated/α-hetero) is 1. The van der Waals surface area contributed by atoms with Gasteiger partial charge in [-0.25, -0.2) is 0 Å². The van der Waals surface area contributed by atoms with Crippen molar-refractivity contribution in [1.82, 2.24) is 4.90 Å². The van der Waals surface area contributed by atoms with Crippen LogP contribution in [0.3, 0.4) is 0 Å². The quantitative estimate of drug-likeness (QED) is 0.613. The molecule has 72 valence electrons. The first-order valence-electron chi connectivity index (χ1n) is 4.53. The molecule has 0 atom stereocenters. The van der Waals surface area contributed by atoms with Gasteiger partial charge in [-0.3, -0.25) is 4.79 Å². The van der Waals surface area contributed by atoms with Gasteiger partial charge >= 0.3 is 0 Å². The van der Waals surface area contributed by atoms with E-state index in [0.717, 1.165) is 19.4 Å². The lowest BCUT2D eigenvalue weighted by Gasteiger charge is -2.07. The molecular weight excluding hydrogens is 152 g/mol. The minimum Gasteiger partial charge on any atom is -0.330 e. The van der Waals surface area contributed by atoms with Crippen LogP contribution in [0.4, 0.5) is 0 Å². The smallest absolute Gasteiger partial charge is 0.133 e. The van der Waals surface area contributed by atoms with Gasteiger partial charge < -0.3 is 10.6 Å². The lowest BCUT2D eigenvalue weighted by Crippen LogP contribution is -2.14. The Morgan fingerprint density at radius 3 is 2.33 bits per heavy atom. The SMILES string of the molecule is CN(C)CCCC(=O)CCCN. The summed E-state index contributed by atoms with van der Waals surface area (Å²) in [6.07, 6.45) is 3.17. The Balaban J connectivity index is 3.20. The molecule has 0 spiro atoms. The zero-order valence-electron chi connectivity index (χ0n) is 8.18. The van der Waals surface area contributed by atoms with Crippen LogP contribution in [0, 0.1) is 0 Å². The molecule has 0 fully saturated rings. The Hall–Kier alpha value is -0.410. The monoisotopic (exact) mass is 172 g/mol. The van der Waals surface area contributed by atoms with E-state index in [4.69, 9.17) is 5.73 Å². The van der Waals surface area contributed by atoms with Crippen LogP contribution < -0.4 is 5.73 Å². The summed E-state index contributed by atoms with van der Waals surface area (Å²) in [6.45, 7) is 1.62. The van der Waals surface area contributed by atoms with Crippen LogP contribution in [0.2, 0.25) is 0 Å². The van der Waals surface area contributed by atoms with Gasteiger partial charge in [-0.15, -0.1) is 0 Å². The van der Waals surface area contributed by atoms with Crippen molar-refractivity contribution in [1.29, 1.82) is 0 Å². The van der Waals surface area contributed by atoms with Crippen LogP contribution >= 0.6 is 0 Å². The molecular formula is C9H20N2O. The van der Waals surface area contributed by atoms with Crippen LogP contribution in [0.25, 0.3) is 0 Å². The Morgan fingerprint density at radius 1 is 1.25 bits per heavy atom. The molecule has 0 heterocycles. The van der Waals surface area contributed by atoms with Crippen molar-refractivity contribution in [3.8, 4) is 0 Å². The van der Waals surface area contributed by atoms with E-state index in [1.165, 1.54) is 0 Å². The molecule has 0 bridgehead atoms. The third-order valence-corrected chi connectivity index (χ3v) is 1.72. The van der Waals surface area contributed by atoms with E-state index < -0.39 is 0 Å². The lowest BCUT2D eigenvalue weighted by atomic mass is 10.1. The zero-order chi connectivity index (χ0) is 9.40. The fourth-order valence-electron chi connectivity index (χ4n) is 1.02. The molecule has 3 nitrogen and oxygen atoms in total. The summed E-state index contributed by atoms with van der Waals surface area (Å²) < 4.78 is 0. The maximum atomic E-state index is 11.1. The van der Waals surface area contributed by atoms with E-state index in [9.17, 15) is 4.79 Å². The van der Waals surface area contributed by atoms with E-state index in [0.29, 0.717) is 25.2 Å². The fraction of sp³-hybridized carbons (Fsp3) is 0.889. The highest BCUT2D eigenvalue weighted by atomic mass is 16.1. The van der Waals surface area contributed by atoms with E-state index in [2.05, 4.69) is 4.90 Å². The molecule has 0 amide bonds. The van der Waals surface area contributed by atoms with Crippen molar-refractivity contribution in [3.63, 3.8) is 0 Å². The second-order valence-electron chi connectivity index (χ2n) is 3.34. The largest absolute Gasteiger partial charge is 0.330 e. The van der Waals surface area contributed by atoms with Crippen LogP contribution in [-0.2, 0) is 4.79 Å². The number of ketones is 1. The topological polar surface area (TPSA) is 46.3 Å². The number of carbonyl (C=O) groups excluding carboxylic acids is 1. The van der Waals surface area contributed by atoms with Gasteiger partial charge in [0.2, 0.25) is 0 Å². The highest BCUT2D eigenvalue weighted by Crippen LogP contribution is 1.98. The first kappa shape index (κ1) is 11.6. The summed E-state index contributed by atoms with van der Waals surface area (Å²) in [5, 5.41) is 0. The number of nitrogens with two attached hydrogens (primary N) is 1. The number of nitrogens with zero attached hydrogens (tertiary/aromatic N) is 1. The molecule has 2 N–H and O–H groups in total. The minimum atomic E-state index is 0.349. The van der Waals surface area contributed by atoms with Crippen molar-refractivity contribution >= 4 is 5.78 Å². The first-order chi connectivity index (χ1) is 5.66. The van der Waals surface area contributed by atoms with Gasteiger partial charge in [-0.2, -0.15) is 0 Å². The van der Waals surface area contributed by atoms with Crippen molar-refractivity contribution in [2.45, 2.75) is 25.7 Å². The number of rotatable bonds is 7. The first-order valence-corrected chi connectivity index (χ1v) is 4.53. The molecule has 0 aromatic carbocycles. The van der Waals surface area contributed by atoms with Crippen LogP contribution in [0.5, 0.6) is 0 Å². The summed E-state index contributed by atoms with van der Waals surface area (Å²) in [7, 11) is 4.04. The van der Waals surface area contributed by atoms with Crippen molar-refractivity contribution in [2.75, 3.05) is 27.2 Å². The average Bonchev–Trinajstić information content (AvgIpc) is 2.00. The Bertz CT molecular complexity index is 124. The molecule has 0 aromatic heterocycles. The molecule has 0 aromatic rings. The third kappa shape index (κ3) is 7.69. The van der Waals surface area contributed by atoms with Gasteiger partial charge in [-0.05, 0) is 40.0 Å². The van der Waals surface area contributed by atoms with E-state index in [1.807, 2.05) is 14.1 Å². The predicted molar refractivity (Wildman–Crippen MR) is 51.1 cm³/mol. The van der Waals surface area contributed by atoms with Crippen molar-refractivity contribution in [3.05, 3.63) is 0 Å². The molecule has 0 aliphatic heterocycles. The molecule has 0 radical (unpaired) electrons. The maximum absolute atomic E-state index is 11.1. The van der Waals surface area contributed by atoms with E-state index in [-0.39, 0.29) is 0 Å². The summed E-state index contributed by atoms with van der Waals surface area (Å²) in [4.78, 5) is 13.2. The lowest BCUT2D eigenvalue weighted by molar-refractivity contribution is -0.119. The minimum absolute atomic E-state index is 0.349. The summed E-state index contributed by atoms with van der Waals surface area (Å²) in [5.41, 5.74) is 5.29. The number of hydrogen-bond acceptors (Lipinski definition) is 3. The van der Waals surface area contributed by atoms with Crippen molar-refractivity contribution in [2.24, 2.45) is 5.73 Å². The van der Waals surface area contributed by atoms with Crippen LogP contribution in [0.1, 0.15) is 25.7 Å². The maximum Gasteiger partial charge on any atom is 0.133 e. The number of hydrogen-bond donors (Lipinski definition) is 1. The second kappa shape index (κ2) is 7.25. The van der Waals surface area contributed by atoms with Gasteiger partial charge in [0.1, 0.15) is 5.78 Å². The third-order valence-electron chi connectivity index (χ3n) is 1.72. The predicted octanol–water partition coefficient (Wildman–Crippen LogP) is 0.636. The molecule has 0 saturated heterocycles. The summed E-state index contributed by atoms with van der Waals surface area (Å²) in [6, 6.07) is 0. The van der Waals surface area contributed by atoms with Crippen LogP contribution in [-0.4, -0.2) is 37.9 Å². The van der Waals surface area contributed by atoms with Crippen LogP contribution in [0.15, 0.2) is 0 Å². The normalized spacial score (nSPS) is 10.7. The molecule has 0 unspecified atom stereocenters. The van der Waals surface area contributed by atoms with Crippen molar-refractivity contribution < 1.29 is 4.79 Å². The Morgan fingerprint density at radius 2 is 1.83 bits per heavy atom. The number of carbonyl (C=O) groups is 1. The molecule has 0 aliphatic rings. The van der Waals surface area contributed by atoms with Gasteiger partial charge in [-0.1, -0.05) is 0 Å². The Kier molecular flexibility index (Phi) is 7.00. The molecule has 0 saturated carbocycles. The zero-order valence-corrected chi connectivity index (χ0v) is 8.18. The highest BCUT2D eigenvalue weighted by molar-refractivity contribution is 5.78. The van der Waals surface area contributed by atoms with Gasteiger partial charge in [0, 0.05) is 12.8 Å². The summed E-state index contributed by atoms with van der Waals surface area (Å²) in [5.74, 6) is 0.349. The van der Waals surface area contributed by atoms with Gasteiger partial charge in [0.05, 0.1) is 0 Å². The second-order valence-corrected chi connectivity index (χ2v) is 3.34. The summed E-state index contributed by atoms with van der Waals surface area (Å²) >= 11 is 0. The highest BCUT2D eigenvalue weighted by Gasteiger charge is 2.00. The molecule has 12 heavy (non-hydrogen) atoms. The molecule has 0 rings (SSSR count). The van der Waals surface area contributed by atoms with Gasteiger partial charge in [0.15, 0.2) is 0 Å². The van der Waals surface area contributed by atoms with E-state index >= 15 is 0 Å².